The summed E-state index contributed by atoms with van der Waals surface area (Å²) in [6.07, 6.45) is 1.25. The molecule has 2 atom stereocenters. The zero-order valence-electron chi connectivity index (χ0n) is 14.6. The normalized spacial score (nSPS) is 23.7. The second-order valence-electron chi connectivity index (χ2n) is 8.03. The van der Waals surface area contributed by atoms with Crippen molar-refractivity contribution < 1.29 is 0 Å². The SMILES string of the molecule is CC(C)CC1CN(c2ccc(C(C)(C)C)cc2)C(C)CN1. The maximum atomic E-state index is 3.69. The first-order valence-electron chi connectivity index (χ1n) is 8.38. The number of nitrogens with one attached hydrogen (secondary N) is 1. The molecule has 1 heterocycles. The van der Waals surface area contributed by atoms with E-state index >= 15 is 0 Å². The fourth-order valence-electron chi connectivity index (χ4n) is 3.17. The molecule has 0 saturated carbocycles. The summed E-state index contributed by atoms with van der Waals surface area (Å²) in [5.74, 6) is 0.751. The average molecular weight is 288 g/mol. The van der Waals surface area contributed by atoms with Crippen LogP contribution in [-0.2, 0) is 5.41 Å². The van der Waals surface area contributed by atoms with E-state index in [1.54, 1.807) is 0 Å². The van der Waals surface area contributed by atoms with E-state index in [2.05, 4.69) is 76.0 Å². The summed E-state index contributed by atoms with van der Waals surface area (Å²) >= 11 is 0. The van der Waals surface area contributed by atoms with E-state index < -0.39 is 0 Å². The van der Waals surface area contributed by atoms with Crippen molar-refractivity contribution in [3.63, 3.8) is 0 Å². The lowest BCUT2D eigenvalue weighted by atomic mass is 9.87. The summed E-state index contributed by atoms with van der Waals surface area (Å²) in [5.41, 5.74) is 3.01. The first-order valence-corrected chi connectivity index (χ1v) is 8.38. The molecule has 2 nitrogen and oxygen atoms in total. The molecule has 1 aliphatic rings. The summed E-state index contributed by atoms with van der Waals surface area (Å²) < 4.78 is 0. The second kappa shape index (κ2) is 6.39. The van der Waals surface area contributed by atoms with Gasteiger partial charge in [-0.25, -0.2) is 0 Å². The molecule has 1 aromatic rings. The topological polar surface area (TPSA) is 15.3 Å². The average Bonchev–Trinajstić information content (AvgIpc) is 2.39. The van der Waals surface area contributed by atoms with Crippen LogP contribution in [0.3, 0.4) is 0 Å². The van der Waals surface area contributed by atoms with E-state index in [0.717, 1.165) is 19.0 Å². The van der Waals surface area contributed by atoms with Crippen LogP contribution in [0, 0.1) is 5.92 Å². The Hall–Kier alpha value is -1.02. The molecule has 1 fully saturated rings. The summed E-state index contributed by atoms with van der Waals surface area (Å²) in [5, 5.41) is 3.69. The molecule has 2 unspecified atom stereocenters. The molecule has 0 aromatic heterocycles. The Labute approximate surface area is 130 Å². The number of nitrogens with zero attached hydrogens (tertiary/aromatic N) is 1. The highest BCUT2D eigenvalue weighted by molar-refractivity contribution is 5.50. The molecular formula is C19H32N2. The van der Waals surface area contributed by atoms with Gasteiger partial charge in [-0.3, -0.25) is 0 Å². The number of piperazine rings is 1. The number of hydrogen-bond acceptors (Lipinski definition) is 2. The van der Waals surface area contributed by atoms with Gasteiger partial charge in [0, 0.05) is 30.9 Å². The minimum Gasteiger partial charge on any atom is -0.366 e. The van der Waals surface area contributed by atoms with Crippen LogP contribution >= 0.6 is 0 Å². The van der Waals surface area contributed by atoms with Crippen molar-refractivity contribution in [3.05, 3.63) is 29.8 Å². The lowest BCUT2D eigenvalue weighted by Gasteiger charge is -2.41. The van der Waals surface area contributed by atoms with Gasteiger partial charge in [-0.05, 0) is 42.4 Å². The van der Waals surface area contributed by atoms with Crippen LogP contribution in [0.25, 0.3) is 0 Å². The number of benzene rings is 1. The van der Waals surface area contributed by atoms with Gasteiger partial charge in [-0.2, -0.15) is 0 Å². The van der Waals surface area contributed by atoms with Crippen molar-refractivity contribution in [2.24, 2.45) is 5.92 Å². The number of anilines is 1. The van der Waals surface area contributed by atoms with Gasteiger partial charge < -0.3 is 10.2 Å². The Bertz CT molecular complexity index is 442. The van der Waals surface area contributed by atoms with Crippen molar-refractivity contribution >= 4 is 5.69 Å². The molecule has 0 spiro atoms. The van der Waals surface area contributed by atoms with E-state index in [4.69, 9.17) is 0 Å². The van der Waals surface area contributed by atoms with Gasteiger partial charge in [0.05, 0.1) is 0 Å². The number of hydrogen-bond donors (Lipinski definition) is 1. The third-order valence-corrected chi connectivity index (χ3v) is 4.47. The molecule has 21 heavy (non-hydrogen) atoms. The fraction of sp³-hybridized carbons (Fsp3) is 0.684. The maximum absolute atomic E-state index is 3.69. The van der Waals surface area contributed by atoms with Crippen molar-refractivity contribution in [1.82, 2.24) is 5.32 Å². The molecule has 118 valence electrons. The molecule has 0 radical (unpaired) electrons. The molecular weight excluding hydrogens is 256 g/mol. The summed E-state index contributed by atoms with van der Waals surface area (Å²) in [4.78, 5) is 2.57. The van der Waals surface area contributed by atoms with Crippen LogP contribution in [0.4, 0.5) is 5.69 Å². The van der Waals surface area contributed by atoms with Gasteiger partial charge in [0.2, 0.25) is 0 Å². The summed E-state index contributed by atoms with van der Waals surface area (Å²) in [6, 6.07) is 10.4. The lowest BCUT2D eigenvalue weighted by Crippen LogP contribution is -2.55. The van der Waals surface area contributed by atoms with Crippen LogP contribution in [-0.4, -0.2) is 25.2 Å². The van der Waals surface area contributed by atoms with Crippen LogP contribution in [0.5, 0.6) is 0 Å². The smallest absolute Gasteiger partial charge is 0.0387 e. The standard InChI is InChI=1S/C19H32N2/c1-14(2)11-17-13-21(15(3)12-20-17)18-9-7-16(8-10-18)19(4,5)6/h7-10,14-15,17,20H,11-13H2,1-6H3. The predicted molar refractivity (Wildman–Crippen MR) is 93.2 cm³/mol. The van der Waals surface area contributed by atoms with Gasteiger partial charge in [0.15, 0.2) is 0 Å². The van der Waals surface area contributed by atoms with Crippen LogP contribution < -0.4 is 10.2 Å². The third-order valence-electron chi connectivity index (χ3n) is 4.47. The minimum atomic E-state index is 0.230. The Morgan fingerprint density at radius 1 is 1.19 bits per heavy atom. The molecule has 2 heteroatoms. The highest BCUT2D eigenvalue weighted by atomic mass is 15.2. The van der Waals surface area contributed by atoms with Gasteiger partial charge in [-0.1, -0.05) is 46.8 Å². The highest BCUT2D eigenvalue weighted by Crippen LogP contribution is 2.27. The molecule has 0 aliphatic carbocycles. The molecule has 1 saturated heterocycles. The predicted octanol–water partition coefficient (Wildman–Crippen LogP) is 4.20. The van der Waals surface area contributed by atoms with E-state index in [1.165, 1.54) is 17.7 Å². The first kappa shape index (κ1) is 16.4. The second-order valence-corrected chi connectivity index (χ2v) is 8.03. The van der Waals surface area contributed by atoms with Crippen LogP contribution in [0.1, 0.15) is 53.5 Å². The van der Waals surface area contributed by atoms with E-state index in [-0.39, 0.29) is 5.41 Å². The largest absolute Gasteiger partial charge is 0.366 e. The molecule has 1 aromatic carbocycles. The zero-order chi connectivity index (χ0) is 15.6. The Kier molecular flexibility index (Phi) is 4.98. The summed E-state index contributed by atoms with van der Waals surface area (Å²) in [6.45, 7) is 15.9. The van der Waals surface area contributed by atoms with Crippen molar-refractivity contribution in [3.8, 4) is 0 Å². The Balaban J connectivity index is 2.11. The first-order chi connectivity index (χ1) is 9.77. The van der Waals surface area contributed by atoms with E-state index in [9.17, 15) is 0 Å². The fourth-order valence-corrected chi connectivity index (χ4v) is 3.17. The molecule has 1 N–H and O–H groups in total. The number of rotatable bonds is 3. The van der Waals surface area contributed by atoms with E-state index in [1.807, 2.05) is 0 Å². The van der Waals surface area contributed by atoms with Gasteiger partial charge in [0.1, 0.15) is 0 Å². The Morgan fingerprint density at radius 2 is 1.81 bits per heavy atom. The molecule has 0 bridgehead atoms. The monoisotopic (exact) mass is 288 g/mol. The van der Waals surface area contributed by atoms with Gasteiger partial charge >= 0.3 is 0 Å². The quantitative estimate of drug-likeness (QED) is 0.897. The van der Waals surface area contributed by atoms with Gasteiger partial charge in [0.25, 0.3) is 0 Å². The van der Waals surface area contributed by atoms with E-state index in [0.29, 0.717) is 12.1 Å². The maximum Gasteiger partial charge on any atom is 0.0387 e. The Morgan fingerprint density at radius 3 is 2.33 bits per heavy atom. The molecule has 0 amide bonds. The summed E-state index contributed by atoms with van der Waals surface area (Å²) in [7, 11) is 0. The van der Waals surface area contributed by atoms with Crippen LogP contribution in [0.2, 0.25) is 0 Å². The van der Waals surface area contributed by atoms with Gasteiger partial charge in [-0.15, -0.1) is 0 Å². The highest BCUT2D eigenvalue weighted by Gasteiger charge is 2.25. The van der Waals surface area contributed by atoms with Crippen molar-refractivity contribution in [1.29, 1.82) is 0 Å². The van der Waals surface area contributed by atoms with Crippen LogP contribution in [0.15, 0.2) is 24.3 Å². The molecule has 2 rings (SSSR count). The lowest BCUT2D eigenvalue weighted by molar-refractivity contribution is 0.356. The molecule has 1 aliphatic heterocycles. The van der Waals surface area contributed by atoms with Crippen molar-refractivity contribution in [2.45, 2.75) is 65.5 Å². The third kappa shape index (κ3) is 4.23. The zero-order valence-corrected chi connectivity index (χ0v) is 14.6. The van der Waals surface area contributed by atoms with Crippen molar-refractivity contribution in [2.75, 3.05) is 18.0 Å². The minimum absolute atomic E-state index is 0.230.